The third-order valence-electron chi connectivity index (χ3n) is 8.79. The normalized spacial score (nSPS) is 12.0. The monoisotopic (exact) mass is 620 g/mol. The Balaban J connectivity index is 1.36. The molecule has 0 atom stereocenters. The van der Waals surface area contributed by atoms with Crippen LogP contribution in [0.15, 0.2) is 133 Å². The fourth-order valence-corrected chi connectivity index (χ4v) is 9.43. The van der Waals surface area contributed by atoms with Crippen LogP contribution in [0.3, 0.4) is 0 Å². The molecule has 0 N–H and O–H groups in total. The molecule has 9 aromatic rings. The summed E-state index contributed by atoms with van der Waals surface area (Å²) >= 11 is 0.0727. The van der Waals surface area contributed by atoms with Crippen LogP contribution in [0.1, 0.15) is 0 Å². The zero-order valence-corrected chi connectivity index (χ0v) is 24.6. The first-order chi connectivity index (χ1) is 21.2. The summed E-state index contributed by atoms with van der Waals surface area (Å²) in [4.78, 5) is 0. The number of hydrogen-bond acceptors (Lipinski definition) is 0. The Morgan fingerprint density at radius 1 is 0.372 bits per heavy atom. The van der Waals surface area contributed by atoms with Gasteiger partial charge < -0.3 is 0 Å². The van der Waals surface area contributed by atoms with Crippen LogP contribution in [0.5, 0.6) is 0 Å². The molecule has 8 aromatic carbocycles. The van der Waals surface area contributed by atoms with Crippen LogP contribution >= 0.6 is 0 Å². The molecular formula is C40H22F2Se. The van der Waals surface area contributed by atoms with E-state index < -0.39 is 0 Å². The van der Waals surface area contributed by atoms with Gasteiger partial charge in [-0.25, -0.2) is 0 Å². The van der Waals surface area contributed by atoms with Gasteiger partial charge in [0, 0.05) is 0 Å². The topological polar surface area (TPSA) is 0 Å². The first-order valence-electron chi connectivity index (χ1n) is 14.3. The Morgan fingerprint density at radius 2 is 0.814 bits per heavy atom. The van der Waals surface area contributed by atoms with Crippen molar-refractivity contribution in [3.63, 3.8) is 0 Å². The van der Waals surface area contributed by atoms with Gasteiger partial charge in [-0.3, -0.25) is 0 Å². The zero-order valence-electron chi connectivity index (χ0n) is 22.9. The van der Waals surface area contributed by atoms with Crippen LogP contribution in [-0.4, -0.2) is 14.5 Å². The standard InChI is InChI=1S/C40H22F2Se/c41-38-28-14-5-1-10-24(28)36(25-11-2-6-15-29(25)38)23-20-21-35-34(22-23)32-18-9-19-33(40(32)43-35)37-26-12-3-7-16-30(26)39(42)31-17-8-4-13-27(31)37/h1-22H. The zero-order chi connectivity index (χ0) is 28.7. The van der Waals surface area contributed by atoms with Crippen LogP contribution in [0, 0.1) is 11.6 Å². The maximum absolute atomic E-state index is 15.7. The van der Waals surface area contributed by atoms with Gasteiger partial charge in [-0.05, 0) is 0 Å². The van der Waals surface area contributed by atoms with Gasteiger partial charge in [-0.2, -0.15) is 0 Å². The van der Waals surface area contributed by atoms with E-state index in [1.807, 2.05) is 97.1 Å². The van der Waals surface area contributed by atoms with Crippen LogP contribution in [-0.2, 0) is 0 Å². The van der Waals surface area contributed by atoms with E-state index in [1.165, 1.54) is 24.9 Å². The Bertz CT molecular complexity index is 2480. The summed E-state index contributed by atoms with van der Waals surface area (Å²) in [7, 11) is 0. The molecule has 1 aromatic heterocycles. The Kier molecular flexibility index (Phi) is 5.38. The minimum atomic E-state index is -0.173. The Morgan fingerprint density at radius 3 is 1.33 bits per heavy atom. The fraction of sp³-hybridized carbons (Fsp3) is 0. The van der Waals surface area contributed by atoms with Crippen LogP contribution < -0.4 is 0 Å². The number of fused-ring (bicyclic) bond motifs is 7. The third-order valence-corrected chi connectivity index (χ3v) is 11.3. The predicted molar refractivity (Wildman–Crippen MR) is 179 cm³/mol. The molecule has 202 valence electrons. The molecule has 0 aliphatic carbocycles. The van der Waals surface area contributed by atoms with Gasteiger partial charge >= 0.3 is 253 Å². The summed E-state index contributed by atoms with van der Waals surface area (Å²) < 4.78 is 33.9. The summed E-state index contributed by atoms with van der Waals surface area (Å²) in [5, 5.41) is 8.72. The summed E-state index contributed by atoms with van der Waals surface area (Å²) in [6.45, 7) is 0. The summed E-state index contributed by atoms with van der Waals surface area (Å²) in [5.74, 6) is -0.340. The molecule has 0 bridgehead atoms. The van der Waals surface area contributed by atoms with Crippen molar-refractivity contribution in [3.8, 4) is 22.3 Å². The number of benzene rings is 8. The van der Waals surface area contributed by atoms with E-state index in [4.69, 9.17) is 0 Å². The van der Waals surface area contributed by atoms with Crippen molar-refractivity contribution >= 4 is 76.9 Å². The number of rotatable bonds is 2. The van der Waals surface area contributed by atoms with Gasteiger partial charge in [0.2, 0.25) is 0 Å². The van der Waals surface area contributed by atoms with Crippen molar-refractivity contribution in [1.29, 1.82) is 0 Å². The predicted octanol–water partition coefficient (Wildman–Crippen LogP) is 11.3. The second-order valence-electron chi connectivity index (χ2n) is 11.1. The van der Waals surface area contributed by atoms with Crippen molar-refractivity contribution in [1.82, 2.24) is 0 Å². The molecule has 0 aliphatic heterocycles. The molecule has 3 heteroatoms. The molecule has 0 aliphatic rings. The molecule has 0 spiro atoms. The van der Waals surface area contributed by atoms with E-state index in [0.29, 0.717) is 21.5 Å². The quantitative estimate of drug-likeness (QED) is 0.133. The summed E-state index contributed by atoms with van der Waals surface area (Å²) in [6, 6.07) is 44.5. The number of halogens is 2. The van der Waals surface area contributed by atoms with Crippen molar-refractivity contribution in [3.05, 3.63) is 145 Å². The average Bonchev–Trinajstić information content (AvgIpc) is 3.44. The fourth-order valence-electron chi connectivity index (χ4n) is 6.90. The molecule has 0 amide bonds. The van der Waals surface area contributed by atoms with Crippen LogP contribution in [0.4, 0.5) is 8.78 Å². The second-order valence-corrected chi connectivity index (χ2v) is 13.3. The van der Waals surface area contributed by atoms with Crippen LogP contribution in [0.2, 0.25) is 0 Å². The van der Waals surface area contributed by atoms with Gasteiger partial charge in [0.1, 0.15) is 0 Å². The van der Waals surface area contributed by atoms with E-state index in [-0.39, 0.29) is 26.1 Å². The Hall–Kier alpha value is -4.82. The van der Waals surface area contributed by atoms with Crippen LogP contribution in [0.25, 0.3) is 84.6 Å². The summed E-state index contributed by atoms with van der Waals surface area (Å²) in [6.07, 6.45) is 0. The van der Waals surface area contributed by atoms with Gasteiger partial charge in [-0.1, -0.05) is 0 Å². The van der Waals surface area contributed by atoms with E-state index in [9.17, 15) is 0 Å². The van der Waals surface area contributed by atoms with Gasteiger partial charge in [-0.15, -0.1) is 0 Å². The van der Waals surface area contributed by atoms with Gasteiger partial charge in [0.05, 0.1) is 0 Å². The van der Waals surface area contributed by atoms with Gasteiger partial charge in [0.15, 0.2) is 0 Å². The van der Waals surface area contributed by atoms with Crippen molar-refractivity contribution < 1.29 is 8.78 Å². The molecule has 9 rings (SSSR count). The third kappa shape index (κ3) is 3.53. The van der Waals surface area contributed by atoms with Gasteiger partial charge in [0.25, 0.3) is 0 Å². The second kappa shape index (κ2) is 9.34. The maximum atomic E-state index is 15.7. The molecule has 0 radical (unpaired) electrons. The van der Waals surface area contributed by atoms with E-state index >= 15 is 8.78 Å². The van der Waals surface area contributed by atoms with E-state index in [0.717, 1.165) is 38.2 Å². The molecular weight excluding hydrogens is 597 g/mol. The first kappa shape index (κ1) is 24.7. The number of hydrogen-bond donors (Lipinski definition) is 0. The average molecular weight is 620 g/mol. The molecule has 1 heterocycles. The van der Waals surface area contributed by atoms with E-state index in [2.05, 4.69) is 36.4 Å². The molecule has 43 heavy (non-hydrogen) atoms. The molecule has 0 fully saturated rings. The summed E-state index contributed by atoms with van der Waals surface area (Å²) in [5.41, 5.74) is 4.40. The first-order valence-corrected chi connectivity index (χ1v) is 16.0. The Labute approximate surface area is 252 Å². The molecule has 0 saturated heterocycles. The van der Waals surface area contributed by atoms with Crippen molar-refractivity contribution in [2.24, 2.45) is 0 Å². The van der Waals surface area contributed by atoms with E-state index in [1.54, 1.807) is 0 Å². The SMILES string of the molecule is Fc1c2ccccc2c(-c2ccc3[se]c4c(-c5c6ccccc6c(F)c6ccccc56)cccc4c3c2)c2ccccc12. The minimum absolute atomic E-state index is 0.0727. The molecule has 0 unspecified atom stereocenters. The molecule has 0 nitrogen and oxygen atoms in total. The van der Waals surface area contributed by atoms with Crippen molar-refractivity contribution in [2.45, 2.75) is 0 Å². The molecule has 0 saturated carbocycles. The van der Waals surface area contributed by atoms with Crippen molar-refractivity contribution in [2.75, 3.05) is 0 Å².